The average molecular weight is 383 g/mol. The Bertz CT molecular complexity index is 822. The number of ether oxygens (including phenoxy) is 2. The zero-order valence-electron chi connectivity index (χ0n) is 16.3. The van der Waals surface area contributed by atoms with Gasteiger partial charge in [0.2, 0.25) is 0 Å². The summed E-state index contributed by atoms with van der Waals surface area (Å²) in [5.74, 6) is 0.239. The Balaban J connectivity index is 1.76. The van der Waals surface area contributed by atoms with Crippen LogP contribution in [0.25, 0.3) is 0 Å². The molecule has 2 amide bonds. The number of carbonyl (C=O) groups excluding carboxylic acids is 2. The van der Waals surface area contributed by atoms with Crippen LogP contribution < -0.4 is 20.6 Å². The highest BCUT2D eigenvalue weighted by atomic mass is 16.5. The normalized spacial score (nSPS) is 11.2. The first-order valence-electron chi connectivity index (χ1n) is 8.80. The molecule has 0 aromatic heterocycles. The lowest BCUT2D eigenvalue weighted by Crippen LogP contribution is -2.24. The van der Waals surface area contributed by atoms with Crippen molar-refractivity contribution in [3.05, 3.63) is 59.7 Å². The lowest BCUT2D eigenvalue weighted by molar-refractivity contribution is -0.123. The van der Waals surface area contributed by atoms with Gasteiger partial charge in [-0.25, -0.2) is 5.43 Å². The van der Waals surface area contributed by atoms with Gasteiger partial charge in [-0.05, 0) is 52.9 Å². The molecule has 0 fully saturated rings. The standard InChI is InChI=1S/C21H25N3O4/c1-21(2,3)16-6-10-18(11-7-16)28-14-20(26)24-23-12-15-4-8-17(9-5-15)27-13-19(22)25/h4-12H,13-14H2,1-3H3,(H2,22,25)(H,24,26)/b23-12-. The molecule has 0 aliphatic rings. The summed E-state index contributed by atoms with van der Waals surface area (Å²) in [6, 6.07) is 14.5. The molecule has 7 nitrogen and oxygen atoms in total. The second kappa shape index (κ2) is 9.55. The molecule has 7 heteroatoms. The summed E-state index contributed by atoms with van der Waals surface area (Å²) in [6.07, 6.45) is 1.49. The molecule has 2 aromatic rings. The monoisotopic (exact) mass is 383 g/mol. The van der Waals surface area contributed by atoms with Crippen LogP contribution in [-0.4, -0.2) is 31.2 Å². The van der Waals surface area contributed by atoms with Crippen LogP contribution in [0.1, 0.15) is 31.9 Å². The molecule has 28 heavy (non-hydrogen) atoms. The highest BCUT2D eigenvalue weighted by Crippen LogP contribution is 2.24. The largest absolute Gasteiger partial charge is 0.484 e. The molecule has 148 valence electrons. The number of benzene rings is 2. The van der Waals surface area contributed by atoms with Crippen LogP contribution in [0.5, 0.6) is 11.5 Å². The molecular formula is C21H25N3O4. The molecule has 0 unspecified atom stereocenters. The maximum atomic E-state index is 11.8. The summed E-state index contributed by atoms with van der Waals surface area (Å²) in [5, 5.41) is 3.88. The minimum absolute atomic E-state index is 0.0663. The second-order valence-corrected chi connectivity index (χ2v) is 7.18. The van der Waals surface area contributed by atoms with Gasteiger partial charge in [-0.1, -0.05) is 32.9 Å². The number of hydrogen-bond donors (Lipinski definition) is 2. The van der Waals surface area contributed by atoms with Gasteiger partial charge in [0.25, 0.3) is 11.8 Å². The molecule has 0 spiro atoms. The third kappa shape index (κ3) is 7.11. The summed E-state index contributed by atoms with van der Waals surface area (Å²) in [6.45, 7) is 6.09. The number of rotatable bonds is 8. The second-order valence-electron chi connectivity index (χ2n) is 7.18. The van der Waals surface area contributed by atoms with E-state index in [1.807, 2.05) is 24.3 Å². The maximum Gasteiger partial charge on any atom is 0.277 e. The van der Waals surface area contributed by atoms with E-state index in [-0.39, 0.29) is 24.5 Å². The first-order valence-corrected chi connectivity index (χ1v) is 8.80. The zero-order valence-corrected chi connectivity index (χ0v) is 16.3. The number of amides is 2. The van der Waals surface area contributed by atoms with E-state index in [2.05, 4.69) is 31.3 Å². The van der Waals surface area contributed by atoms with Crippen molar-refractivity contribution in [2.45, 2.75) is 26.2 Å². The van der Waals surface area contributed by atoms with Crippen molar-refractivity contribution < 1.29 is 19.1 Å². The summed E-state index contributed by atoms with van der Waals surface area (Å²) in [7, 11) is 0. The third-order valence-corrected chi connectivity index (χ3v) is 3.75. The summed E-state index contributed by atoms with van der Waals surface area (Å²) < 4.78 is 10.6. The van der Waals surface area contributed by atoms with E-state index in [1.165, 1.54) is 11.8 Å². The molecule has 2 rings (SSSR count). The summed E-state index contributed by atoms with van der Waals surface area (Å²) in [4.78, 5) is 22.5. The van der Waals surface area contributed by atoms with Crippen LogP contribution in [0, 0.1) is 0 Å². The van der Waals surface area contributed by atoms with Crippen LogP contribution in [0.2, 0.25) is 0 Å². The molecule has 0 aliphatic heterocycles. The molecule has 0 atom stereocenters. The Hall–Kier alpha value is -3.35. The molecule has 0 aliphatic carbocycles. The lowest BCUT2D eigenvalue weighted by atomic mass is 9.87. The quantitative estimate of drug-likeness (QED) is 0.539. The Morgan fingerprint density at radius 2 is 1.50 bits per heavy atom. The Labute approximate surface area is 164 Å². The van der Waals surface area contributed by atoms with Gasteiger partial charge in [-0.15, -0.1) is 0 Å². The molecule has 2 aromatic carbocycles. The van der Waals surface area contributed by atoms with E-state index < -0.39 is 5.91 Å². The number of primary amides is 1. The predicted molar refractivity (Wildman–Crippen MR) is 108 cm³/mol. The maximum absolute atomic E-state index is 11.8. The van der Waals surface area contributed by atoms with E-state index in [0.717, 1.165) is 5.56 Å². The Morgan fingerprint density at radius 1 is 0.964 bits per heavy atom. The van der Waals surface area contributed by atoms with Crippen molar-refractivity contribution in [1.29, 1.82) is 0 Å². The van der Waals surface area contributed by atoms with Gasteiger partial charge >= 0.3 is 0 Å². The number of carbonyl (C=O) groups is 2. The average Bonchev–Trinajstić information content (AvgIpc) is 2.65. The lowest BCUT2D eigenvalue weighted by Gasteiger charge is -2.19. The van der Waals surface area contributed by atoms with Crippen LogP contribution in [-0.2, 0) is 15.0 Å². The minimum atomic E-state index is -0.541. The molecule has 0 radical (unpaired) electrons. The summed E-state index contributed by atoms with van der Waals surface area (Å²) in [5.41, 5.74) is 9.43. The highest BCUT2D eigenvalue weighted by Gasteiger charge is 2.13. The highest BCUT2D eigenvalue weighted by molar-refractivity contribution is 5.83. The topological polar surface area (TPSA) is 103 Å². The molecular weight excluding hydrogens is 358 g/mol. The minimum Gasteiger partial charge on any atom is -0.484 e. The first kappa shape index (κ1) is 21.0. The predicted octanol–water partition coefficient (Wildman–Crippen LogP) is 2.38. The van der Waals surface area contributed by atoms with Crippen molar-refractivity contribution >= 4 is 18.0 Å². The van der Waals surface area contributed by atoms with Gasteiger partial charge < -0.3 is 15.2 Å². The SMILES string of the molecule is CC(C)(C)c1ccc(OCC(=O)N/N=C\c2ccc(OCC(N)=O)cc2)cc1. The van der Waals surface area contributed by atoms with Gasteiger partial charge in [0.1, 0.15) is 11.5 Å². The Kier molecular flexibility index (Phi) is 7.14. The van der Waals surface area contributed by atoms with Crippen LogP contribution in [0.3, 0.4) is 0 Å². The number of nitrogens with two attached hydrogens (primary N) is 1. The molecule has 3 N–H and O–H groups in total. The van der Waals surface area contributed by atoms with Crippen LogP contribution in [0.4, 0.5) is 0 Å². The molecule has 0 heterocycles. The fraction of sp³-hybridized carbons (Fsp3) is 0.286. The molecule has 0 bridgehead atoms. The van der Waals surface area contributed by atoms with E-state index in [4.69, 9.17) is 15.2 Å². The van der Waals surface area contributed by atoms with E-state index in [1.54, 1.807) is 24.3 Å². The van der Waals surface area contributed by atoms with Gasteiger partial charge in [-0.2, -0.15) is 5.10 Å². The Morgan fingerprint density at radius 3 is 2.04 bits per heavy atom. The third-order valence-electron chi connectivity index (χ3n) is 3.75. The fourth-order valence-electron chi connectivity index (χ4n) is 2.22. The van der Waals surface area contributed by atoms with Crippen molar-refractivity contribution in [2.24, 2.45) is 10.8 Å². The van der Waals surface area contributed by atoms with E-state index >= 15 is 0 Å². The smallest absolute Gasteiger partial charge is 0.277 e. The van der Waals surface area contributed by atoms with E-state index in [0.29, 0.717) is 11.5 Å². The van der Waals surface area contributed by atoms with Crippen LogP contribution >= 0.6 is 0 Å². The van der Waals surface area contributed by atoms with Gasteiger partial charge in [0.05, 0.1) is 6.21 Å². The molecule has 0 saturated heterocycles. The van der Waals surface area contributed by atoms with Crippen molar-refractivity contribution in [3.63, 3.8) is 0 Å². The van der Waals surface area contributed by atoms with Crippen LogP contribution in [0.15, 0.2) is 53.6 Å². The molecule has 0 saturated carbocycles. The zero-order chi connectivity index (χ0) is 20.6. The van der Waals surface area contributed by atoms with Crippen molar-refractivity contribution in [1.82, 2.24) is 5.43 Å². The van der Waals surface area contributed by atoms with E-state index in [9.17, 15) is 9.59 Å². The number of hydrogen-bond acceptors (Lipinski definition) is 5. The number of hydrazone groups is 1. The summed E-state index contributed by atoms with van der Waals surface area (Å²) >= 11 is 0. The van der Waals surface area contributed by atoms with Gasteiger partial charge in [0, 0.05) is 0 Å². The number of nitrogens with one attached hydrogen (secondary N) is 1. The van der Waals surface area contributed by atoms with Gasteiger partial charge in [-0.3, -0.25) is 9.59 Å². The first-order chi connectivity index (χ1) is 13.2. The number of nitrogens with zero attached hydrogens (tertiary/aromatic N) is 1. The fourth-order valence-corrected chi connectivity index (χ4v) is 2.22. The van der Waals surface area contributed by atoms with Gasteiger partial charge in [0.15, 0.2) is 13.2 Å². The van der Waals surface area contributed by atoms with Crippen molar-refractivity contribution in [3.8, 4) is 11.5 Å². The van der Waals surface area contributed by atoms with Crippen molar-refractivity contribution in [2.75, 3.05) is 13.2 Å².